The van der Waals surface area contributed by atoms with Crippen molar-refractivity contribution in [2.24, 2.45) is 0 Å². The van der Waals surface area contributed by atoms with Gasteiger partial charge in [-0.25, -0.2) is 4.98 Å². The van der Waals surface area contributed by atoms with Gasteiger partial charge in [-0.2, -0.15) is 4.98 Å². The minimum absolute atomic E-state index is 0.525. The highest BCUT2D eigenvalue weighted by Crippen LogP contribution is 2.24. The molecular weight excluding hydrogens is 346 g/mol. The third-order valence-electron chi connectivity index (χ3n) is 3.94. The number of rotatable bonds is 5. The molecule has 26 heavy (non-hydrogen) atoms. The lowest BCUT2D eigenvalue weighted by molar-refractivity contribution is 1.11. The van der Waals surface area contributed by atoms with Gasteiger partial charge in [0.15, 0.2) is 0 Å². The lowest BCUT2D eigenvalue weighted by atomic mass is 10.2. The van der Waals surface area contributed by atoms with Crippen LogP contribution in [0.25, 0.3) is 0 Å². The van der Waals surface area contributed by atoms with Crippen LogP contribution in [-0.2, 0) is 0 Å². The summed E-state index contributed by atoms with van der Waals surface area (Å²) in [5.41, 5.74) is 4.87. The number of nitrogens with one attached hydrogen (secondary N) is 2. The van der Waals surface area contributed by atoms with Crippen molar-refractivity contribution in [3.63, 3.8) is 0 Å². The zero-order valence-electron chi connectivity index (χ0n) is 15.3. The van der Waals surface area contributed by atoms with Crippen molar-refractivity contribution in [2.75, 3.05) is 29.6 Å². The molecule has 6 heteroatoms. The minimum atomic E-state index is 0.525. The van der Waals surface area contributed by atoms with Crippen LogP contribution in [0, 0.1) is 13.8 Å². The van der Waals surface area contributed by atoms with Crippen LogP contribution >= 0.6 is 11.6 Å². The lowest BCUT2D eigenvalue weighted by Crippen LogP contribution is -2.08. The molecule has 0 aliphatic heterocycles. The number of anilines is 5. The van der Waals surface area contributed by atoms with Crippen molar-refractivity contribution in [3.05, 3.63) is 64.8 Å². The summed E-state index contributed by atoms with van der Waals surface area (Å²) < 4.78 is 0. The smallest absolute Gasteiger partial charge is 0.229 e. The zero-order chi connectivity index (χ0) is 18.7. The highest BCUT2D eigenvalue weighted by molar-refractivity contribution is 6.31. The van der Waals surface area contributed by atoms with Gasteiger partial charge in [-0.1, -0.05) is 17.7 Å². The summed E-state index contributed by atoms with van der Waals surface area (Å²) in [5.74, 6) is 1.26. The summed E-state index contributed by atoms with van der Waals surface area (Å²) >= 11 is 6.19. The van der Waals surface area contributed by atoms with Gasteiger partial charge in [0, 0.05) is 47.9 Å². The normalized spacial score (nSPS) is 10.5. The fraction of sp³-hybridized carbons (Fsp3) is 0.200. The first-order valence-electron chi connectivity index (χ1n) is 8.34. The topological polar surface area (TPSA) is 53.1 Å². The van der Waals surface area contributed by atoms with Crippen molar-refractivity contribution in [3.8, 4) is 0 Å². The Morgan fingerprint density at radius 2 is 1.54 bits per heavy atom. The van der Waals surface area contributed by atoms with E-state index in [-0.39, 0.29) is 0 Å². The van der Waals surface area contributed by atoms with Crippen molar-refractivity contribution in [2.45, 2.75) is 13.8 Å². The van der Waals surface area contributed by atoms with Gasteiger partial charge in [0.25, 0.3) is 0 Å². The molecule has 0 amide bonds. The number of hydrogen-bond acceptors (Lipinski definition) is 5. The molecular formula is C20H22ClN5. The SMILES string of the molecule is Cc1cc(Nc2ccc(N(C)C)cc2)nc(Nc2ccc(C)c(Cl)c2)n1. The summed E-state index contributed by atoms with van der Waals surface area (Å²) in [4.78, 5) is 11.1. The number of aryl methyl sites for hydroxylation is 2. The van der Waals surface area contributed by atoms with Crippen LogP contribution < -0.4 is 15.5 Å². The molecule has 5 nitrogen and oxygen atoms in total. The Hall–Kier alpha value is -2.79. The number of hydrogen-bond donors (Lipinski definition) is 2. The average Bonchev–Trinajstić information content (AvgIpc) is 2.58. The number of benzene rings is 2. The first kappa shape index (κ1) is 18.0. The molecule has 0 saturated heterocycles. The van der Waals surface area contributed by atoms with Crippen LogP contribution in [0.1, 0.15) is 11.3 Å². The Kier molecular flexibility index (Phi) is 5.28. The number of halogens is 1. The van der Waals surface area contributed by atoms with Crippen molar-refractivity contribution < 1.29 is 0 Å². The molecule has 0 radical (unpaired) electrons. The molecule has 3 aromatic rings. The largest absolute Gasteiger partial charge is 0.378 e. The molecule has 0 aliphatic rings. The summed E-state index contributed by atoms with van der Waals surface area (Å²) in [7, 11) is 4.04. The van der Waals surface area contributed by atoms with Gasteiger partial charge in [0.05, 0.1) is 0 Å². The molecule has 0 atom stereocenters. The first-order chi connectivity index (χ1) is 12.4. The van der Waals surface area contributed by atoms with E-state index in [1.807, 2.05) is 64.3 Å². The highest BCUT2D eigenvalue weighted by atomic mass is 35.5. The Bertz CT molecular complexity index is 907. The van der Waals surface area contributed by atoms with Crippen molar-refractivity contribution in [1.29, 1.82) is 0 Å². The Balaban J connectivity index is 1.79. The van der Waals surface area contributed by atoms with Crippen molar-refractivity contribution >= 4 is 40.4 Å². The molecule has 0 fully saturated rings. The van der Waals surface area contributed by atoms with E-state index in [0.29, 0.717) is 11.0 Å². The van der Waals surface area contributed by atoms with Crippen LogP contribution in [0.5, 0.6) is 0 Å². The molecule has 0 unspecified atom stereocenters. The van der Waals surface area contributed by atoms with E-state index in [1.165, 1.54) is 0 Å². The molecule has 1 aromatic heterocycles. The van der Waals surface area contributed by atoms with Gasteiger partial charge in [0.2, 0.25) is 5.95 Å². The lowest BCUT2D eigenvalue weighted by Gasteiger charge is -2.14. The summed E-state index contributed by atoms with van der Waals surface area (Å²) in [6, 6.07) is 15.9. The predicted molar refractivity (Wildman–Crippen MR) is 110 cm³/mol. The molecule has 2 N–H and O–H groups in total. The van der Waals surface area contributed by atoms with Gasteiger partial charge in [-0.15, -0.1) is 0 Å². The molecule has 2 aromatic carbocycles. The number of aromatic nitrogens is 2. The standard InChI is InChI=1S/C20H22ClN5/c1-13-5-6-16(12-18(13)21)24-20-22-14(2)11-19(25-20)23-15-7-9-17(10-8-15)26(3)4/h5-12H,1-4H3,(H2,22,23,24,25). The van der Waals surface area contributed by atoms with E-state index in [0.717, 1.165) is 34.1 Å². The van der Waals surface area contributed by atoms with Crippen LogP contribution in [0.3, 0.4) is 0 Å². The van der Waals surface area contributed by atoms with Gasteiger partial charge in [-0.05, 0) is 55.8 Å². The summed E-state index contributed by atoms with van der Waals surface area (Å²) in [6.45, 7) is 3.91. The van der Waals surface area contributed by atoms with Crippen LogP contribution in [-0.4, -0.2) is 24.1 Å². The second-order valence-electron chi connectivity index (χ2n) is 6.37. The third kappa shape index (κ3) is 4.43. The Labute approximate surface area is 159 Å². The number of nitrogens with zero attached hydrogens (tertiary/aromatic N) is 3. The quantitative estimate of drug-likeness (QED) is 0.640. The first-order valence-corrected chi connectivity index (χ1v) is 8.72. The summed E-state index contributed by atoms with van der Waals surface area (Å²) in [6.07, 6.45) is 0. The minimum Gasteiger partial charge on any atom is -0.378 e. The van der Waals surface area contributed by atoms with E-state index in [4.69, 9.17) is 11.6 Å². The van der Waals surface area contributed by atoms with Crippen LogP contribution in [0.15, 0.2) is 48.5 Å². The van der Waals surface area contributed by atoms with Gasteiger partial charge in [-0.3, -0.25) is 0 Å². The molecule has 1 heterocycles. The maximum atomic E-state index is 6.19. The van der Waals surface area contributed by atoms with Gasteiger partial charge >= 0.3 is 0 Å². The van der Waals surface area contributed by atoms with E-state index >= 15 is 0 Å². The van der Waals surface area contributed by atoms with E-state index in [2.05, 4.69) is 37.6 Å². The third-order valence-corrected chi connectivity index (χ3v) is 4.35. The Morgan fingerprint density at radius 1 is 0.846 bits per heavy atom. The summed E-state index contributed by atoms with van der Waals surface area (Å²) in [5, 5.41) is 7.24. The molecule has 134 valence electrons. The van der Waals surface area contributed by atoms with E-state index in [1.54, 1.807) is 0 Å². The predicted octanol–water partition coefficient (Wildman–Crippen LogP) is 5.30. The average molecular weight is 368 g/mol. The fourth-order valence-electron chi connectivity index (χ4n) is 2.48. The van der Waals surface area contributed by atoms with Crippen LogP contribution in [0.4, 0.5) is 28.8 Å². The Morgan fingerprint density at radius 3 is 2.19 bits per heavy atom. The molecule has 3 rings (SSSR count). The maximum absolute atomic E-state index is 6.19. The highest BCUT2D eigenvalue weighted by Gasteiger charge is 2.05. The molecule has 0 saturated carbocycles. The van der Waals surface area contributed by atoms with Crippen LogP contribution in [0.2, 0.25) is 5.02 Å². The monoisotopic (exact) mass is 367 g/mol. The van der Waals surface area contributed by atoms with Gasteiger partial charge in [0.1, 0.15) is 5.82 Å². The van der Waals surface area contributed by atoms with Crippen molar-refractivity contribution in [1.82, 2.24) is 9.97 Å². The van der Waals surface area contributed by atoms with E-state index in [9.17, 15) is 0 Å². The second kappa shape index (κ2) is 7.62. The molecule has 0 spiro atoms. The zero-order valence-corrected chi connectivity index (χ0v) is 16.1. The van der Waals surface area contributed by atoms with Gasteiger partial charge < -0.3 is 15.5 Å². The van der Waals surface area contributed by atoms with E-state index < -0.39 is 0 Å². The maximum Gasteiger partial charge on any atom is 0.229 e. The molecule has 0 bridgehead atoms. The molecule has 0 aliphatic carbocycles. The fourth-order valence-corrected chi connectivity index (χ4v) is 2.66. The second-order valence-corrected chi connectivity index (χ2v) is 6.78.